The molecule has 7 heteroatoms. The Kier molecular flexibility index (Phi) is 3.41. The maximum absolute atomic E-state index is 12.8. The van der Waals surface area contributed by atoms with E-state index in [0.29, 0.717) is 30.6 Å². The Balaban J connectivity index is 1.95. The summed E-state index contributed by atoms with van der Waals surface area (Å²) in [5.74, 6) is -2.44. The van der Waals surface area contributed by atoms with Crippen LogP contribution in [0.3, 0.4) is 0 Å². The number of alkyl halides is 2. The topological polar surface area (TPSA) is 49.4 Å². The highest BCUT2D eigenvalue weighted by atomic mass is 32.2. The van der Waals surface area contributed by atoms with E-state index >= 15 is 0 Å². The zero-order valence-electron chi connectivity index (χ0n) is 10.8. The molecule has 2 aliphatic rings. The lowest BCUT2D eigenvalue weighted by molar-refractivity contribution is 0.235. The number of hydrogen-bond acceptors (Lipinski definition) is 4. The van der Waals surface area contributed by atoms with Gasteiger partial charge in [0.05, 0.1) is 10.6 Å². The second-order valence-corrected chi connectivity index (χ2v) is 7.24. The highest BCUT2D eigenvalue weighted by molar-refractivity contribution is 7.91. The van der Waals surface area contributed by atoms with Crippen molar-refractivity contribution in [2.45, 2.75) is 10.7 Å². The monoisotopic (exact) mass is 302 g/mol. The third-order valence-corrected chi connectivity index (χ3v) is 5.56. The van der Waals surface area contributed by atoms with E-state index in [1.807, 2.05) is 4.90 Å². The van der Waals surface area contributed by atoms with Gasteiger partial charge in [-0.1, -0.05) is 12.1 Å². The number of benzene rings is 1. The summed E-state index contributed by atoms with van der Waals surface area (Å²) < 4.78 is 49.1. The van der Waals surface area contributed by atoms with Crippen LogP contribution in [0.1, 0.15) is 0 Å². The van der Waals surface area contributed by atoms with Gasteiger partial charge in [-0.05, 0) is 24.0 Å². The largest absolute Gasteiger partial charge is 0.370 e. The Labute approximate surface area is 116 Å². The summed E-state index contributed by atoms with van der Waals surface area (Å²) in [5, 5.41) is 3.29. The normalized spacial score (nSPS) is 26.2. The van der Waals surface area contributed by atoms with Gasteiger partial charge < -0.3 is 10.2 Å². The average molecular weight is 302 g/mol. The summed E-state index contributed by atoms with van der Waals surface area (Å²) in [6.07, 6.45) is 0. The molecule has 3 rings (SSSR count). The molecule has 0 aliphatic carbocycles. The molecule has 0 unspecified atom stereocenters. The molecule has 110 valence electrons. The average Bonchev–Trinajstić information content (AvgIpc) is 2.99. The lowest BCUT2D eigenvalue weighted by Crippen LogP contribution is -2.27. The highest BCUT2D eigenvalue weighted by Crippen LogP contribution is 2.35. The van der Waals surface area contributed by atoms with E-state index in [1.165, 1.54) is 12.1 Å². The molecule has 0 saturated carbocycles. The van der Waals surface area contributed by atoms with Gasteiger partial charge in [0.15, 0.2) is 0 Å². The molecule has 2 fully saturated rings. The predicted octanol–water partition coefficient (Wildman–Crippen LogP) is 1.34. The van der Waals surface area contributed by atoms with Crippen LogP contribution in [0, 0.1) is 11.8 Å². The van der Waals surface area contributed by atoms with Crippen molar-refractivity contribution in [3.8, 4) is 0 Å². The number of sulfone groups is 1. The van der Waals surface area contributed by atoms with Crippen LogP contribution in [0.5, 0.6) is 0 Å². The first kappa shape index (κ1) is 13.8. The molecule has 2 heterocycles. The van der Waals surface area contributed by atoms with Gasteiger partial charge in [-0.25, -0.2) is 8.42 Å². The fourth-order valence-electron chi connectivity index (χ4n) is 3.11. The molecule has 2 aliphatic heterocycles. The number of anilines is 1. The second-order valence-electron chi connectivity index (χ2n) is 5.36. The molecule has 2 saturated heterocycles. The first-order valence-electron chi connectivity index (χ1n) is 6.57. The Bertz CT molecular complexity index is 594. The Morgan fingerprint density at radius 1 is 1.15 bits per heavy atom. The van der Waals surface area contributed by atoms with Gasteiger partial charge in [-0.3, -0.25) is 0 Å². The predicted molar refractivity (Wildman–Crippen MR) is 71.7 cm³/mol. The SMILES string of the molecule is O=S(=O)(c1ccccc1N1C[C@H]2CNC[C@H]2C1)C(F)F. The molecule has 1 aromatic rings. The number of para-hydroxylation sites is 1. The van der Waals surface area contributed by atoms with Gasteiger partial charge in [0.2, 0.25) is 9.84 Å². The van der Waals surface area contributed by atoms with Crippen molar-refractivity contribution in [2.24, 2.45) is 11.8 Å². The first-order valence-corrected chi connectivity index (χ1v) is 8.11. The second kappa shape index (κ2) is 4.96. The summed E-state index contributed by atoms with van der Waals surface area (Å²) in [5.41, 5.74) is 0.405. The summed E-state index contributed by atoms with van der Waals surface area (Å²) in [6, 6.07) is 6.05. The van der Waals surface area contributed by atoms with Gasteiger partial charge in [-0.2, -0.15) is 8.78 Å². The maximum atomic E-state index is 12.8. The molecule has 4 nitrogen and oxygen atoms in total. The van der Waals surface area contributed by atoms with Crippen molar-refractivity contribution in [1.82, 2.24) is 5.32 Å². The van der Waals surface area contributed by atoms with Crippen molar-refractivity contribution in [3.63, 3.8) is 0 Å². The number of halogens is 2. The molecular formula is C13H16F2N2O2S. The zero-order chi connectivity index (χ0) is 14.3. The van der Waals surface area contributed by atoms with Gasteiger partial charge in [0.25, 0.3) is 0 Å². The molecule has 1 N–H and O–H groups in total. The van der Waals surface area contributed by atoms with Crippen molar-refractivity contribution in [3.05, 3.63) is 24.3 Å². The maximum Gasteiger partial charge on any atom is 0.341 e. The molecular weight excluding hydrogens is 286 g/mol. The van der Waals surface area contributed by atoms with Crippen molar-refractivity contribution in [1.29, 1.82) is 0 Å². The van der Waals surface area contributed by atoms with Gasteiger partial charge in [0, 0.05) is 26.2 Å². The van der Waals surface area contributed by atoms with E-state index in [9.17, 15) is 17.2 Å². The van der Waals surface area contributed by atoms with Crippen molar-refractivity contribution >= 4 is 15.5 Å². The standard InChI is InChI=1S/C13H16F2N2O2S/c14-13(15)20(18,19)12-4-2-1-3-11(12)17-7-9-5-16-6-10(9)8-17/h1-4,9-10,13,16H,5-8H2/t9-,10+. The number of hydrogen-bond donors (Lipinski definition) is 1. The van der Waals surface area contributed by atoms with Crippen LogP contribution >= 0.6 is 0 Å². The lowest BCUT2D eigenvalue weighted by atomic mass is 10.0. The van der Waals surface area contributed by atoms with Gasteiger partial charge >= 0.3 is 5.76 Å². The smallest absolute Gasteiger partial charge is 0.341 e. The van der Waals surface area contributed by atoms with E-state index in [2.05, 4.69) is 5.32 Å². The molecule has 0 amide bonds. The summed E-state index contributed by atoms with van der Waals surface area (Å²) in [6.45, 7) is 3.25. The van der Waals surface area contributed by atoms with Crippen molar-refractivity contribution < 1.29 is 17.2 Å². The number of fused-ring (bicyclic) bond motifs is 1. The molecule has 2 atom stereocenters. The van der Waals surface area contributed by atoms with E-state index in [0.717, 1.165) is 13.1 Å². The van der Waals surface area contributed by atoms with E-state index in [-0.39, 0.29) is 4.90 Å². The lowest BCUT2D eigenvalue weighted by Gasteiger charge is -2.22. The molecule has 20 heavy (non-hydrogen) atoms. The minimum absolute atomic E-state index is 0.261. The van der Waals surface area contributed by atoms with Crippen molar-refractivity contribution in [2.75, 3.05) is 31.1 Å². The van der Waals surface area contributed by atoms with Crippen LogP contribution in [0.2, 0.25) is 0 Å². The summed E-state index contributed by atoms with van der Waals surface area (Å²) in [4.78, 5) is 1.66. The molecule has 0 aromatic heterocycles. The molecule has 0 spiro atoms. The Morgan fingerprint density at radius 2 is 1.75 bits per heavy atom. The summed E-state index contributed by atoms with van der Waals surface area (Å²) >= 11 is 0. The van der Waals surface area contributed by atoms with Crippen LogP contribution in [0.25, 0.3) is 0 Å². The Morgan fingerprint density at radius 3 is 2.35 bits per heavy atom. The minimum atomic E-state index is -4.56. The van der Waals surface area contributed by atoms with Crippen LogP contribution < -0.4 is 10.2 Å². The van der Waals surface area contributed by atoms with Crippen LogP contribution in [-0.2, 0) is 9.84 Å². The fraction of sp³-hybridized carbons (Fsp3) is 0.538. The molecule has 0 bridgehead atoms. The third kappa shape index (κ3) is 2.18. The van der Waals surface area contributed by atoms with E-state index < -0.39 is 15.6 Å². The Hall–Kier alpha value is -1.21. The van der Waals surface area contributed by atoms with Gasteiger partial charge in [0.1, 0.15) is 0 Å². The number of rotatable bonds is 3. The first-order chi connectivity index (χ1) is 9.50. The van der Waals surface area contributed by atoms with Crippen LogP contribution in [0.15, 0.2) is 29.2 Å². The number of nitrogens with one attached hydrogen (secondary N) is 1. The van der Waals surface area contributed by atoms with E-state index in [4.69, 9.17) is 0 Å². The third-order valence-electron chi connectivity index (χ3n) is 4.14. The van der Waals surface area contributed by atoms with E-state index in [1.54, 1.807) is 12.1 Å². The quantitative estimate of drug-likeness (QED) is 0.915. The molecule has 0 radical (unpaired) electrons. The number of nitrogens with zero attached hydrogens (tertiary/aromatic N) is 1. The summed E-state index contributed by atoms with van der Waals surface area (Å²) in [7, 11) is -4.56. The fourth-order valence-corrected chi connectivity index (χ4v) is 4.06. The van der Waals surface area contributed by atoms with Crippen LogP contribution in [0.4, 0.5) is 14.5 Å². The zero-order valence-corrected chi connectivity index (χ0v) is 11.6. The molecule has 1 aromatic carbocycles. The van der Waals surface area contributed by atoms with Crippen LogP contribution in [-0.4, -0.2) is 40.4 Å². The minimum Gasteiger partial charge on any atom is -0.370 e. The highest BCUT2D eigenvalue weighted by Gasteiger charge is 2.38. The van der Waals surface area contributed by atoms with Gasteiger partial charge in [-0.15, -0.1) is 0 Å².